The number of pyridine rings is 1. The van der Waals surface area contributed by atoms with Gasteiger partial charge in [0.1, 0.15) is 30.1 Å². The van der Waals surface area contributed by atoms with Crippen LogP contribution in [0.1, 0.15) is 40.5 Å². The predicted octanol–water partition coefficient (Wildman–Crippen LogP) is 3.67. The summed E-state index contributed by atoms with van der Waals surface area (Å²) in [5.41, 5.74) is 1.38. The molecule has 0 saturated carbocycles. The number of rotatable bonds is 6. The van der Waals surface area contributed by atoms with Crippen molar-refractivity contribution in [3.8, 4) is 23.7 Å². The zero-order valence-electron chi connectivity index (χ0n) is 22.5. The molecule has 0 spiro atoms. The van der Waals surface area contributed by atoms with E-state index in [1.54, 1.807) is 47.4 Å². The molecule has 1 saturated heterocycles. The molecule has 4 aromatic rings. The van der Waals surface area contributed by atoms with Gasteiger partial charge >= 0.3 is 0 Å². The number of nitriles is 1. The average molecular weight is 551 g/mol. The Hall–Kier alpha value is -5.22. The first-order valence-corrected chi connectivity index (χ1v) is 13.3. The number of hydrogen-bond acceptors (Lipinski definition) is 7. The minimum atomic E-state index is -0.599. The van der Waals surface area contributed by atoms with Gasteiger partial charge in [-0.25, -0.2) is 14.5 Å². The molecule has 2 aromatic heterocycles. The van der Waals surface area contributed by atoms with Gasteiger partial charge in [0.15, 0.2) is 0 Å². The van der Waals surface area contributed by atoms with Gasteiger partial charge in [0.05, 0.1) is 22.2 Å². The summed E-state index contributed by atoms with van der Waals surface area (Å²) in [6.45, 7) is 4.07. The van der Waals surface area contributed by atoms with Crippen LogP contribution in [-0.4, -0.2) is 58.8 Å². The van der Waals surface area contributed by atoms with E-state index in [4.69, 9.17) is 10.00 Å². The number of hydrogen-bond donors (Lipinski definition) is 1. The summed E-state index contributed by atoms with van der Waals surface area (Å²) >= 11 is 0. The maximum atomic E-state index is 14.9. The van der Waals surface area contributed by atoms with Crippen LogP contribution in [0.15, 0.2) is 59.5 Å². The molecule has 0 atom stereocenters. The number of halogens is 1. The van der Waals surface area contributed by atoms with Gasteiger partial charge in [-0.05, 0) is 48.0 Å². The van der Waals surface area contributed by atoms with Crippen LogP contribution in [0.4, 0.5) is 10.2 Å². The number of H-pyrrole nitrogens is 1. The fourth-order valence-corrected chi connectivity index (χ4v) is 4.71. The standard InChI is InChI=1S/C31H27FN6O3/c1-2-3-4-15-41-23-7-8-24-25(18-23)28(35-36-30(24)39)17-21-5-9-27(32)26(16-21)31(40)38-13-11-37(12-14-38)29-10-6-22(19-33)20-34-29/h5-10,16,18,20H,2,11-15,17H2,1H3,(H,36,39). The average Bonchev–Trinajstić information content (AvgIpc) is 3.01. The maximum Gasteiger partial charge on any atom is 0.272 e. The summed E-state index contributed by atoms with van der Waals surface area (Å²) in [5, 5.41) is 16.8. The number of benzene rings is 2. The van der Waals surface area contributed by atoms with E-state index >= 15 is 0 Å². The summed E-state index contributed by atoms with van der Waals surface area (Å²) in [6.07, 6.45) is 2.52. The van der Waals surface area contributed by atoms with Gasteiger partial charge in [-0.15, -0.1) is 5.92 Å². The summed E-state index contributed by atoms with van der Waals surface area (Å²) in [4.78, 5) is 33.7. The monoisotopic (exact) mass is 550 g/mol. The minimum absolute atomic E-state index is 0.0142. The molecular formula is C31H27FN6O3. The molecule has 3 heterocycles. The molecular weight excluding hydrogens is 523 g/mol. The second-order valence-corrected chi connectivity index (χ2v) is 9.49. The van der Waals surface area contributed by atoms with Crippen LogP contribution in [0, 0.1) is 29.0 Å². The lowest BCUT2D eigenvalue weighted by molar-refractivity contribution is 0.0741. The van der Waals surface area contributed by atoms with Gasteiger partial charge in [-0.1, -0.05) is 18.9 Å². The Morgan fingerprint density at radius 3 is 2.63 bits per heavy atom. The second-order valence-electron chi connectivity index (χ2n) is 9.49. The molecule has 0 bridgehead atoms. The quantitative estimate of drug-likeness (QED) is 0.364. The van der Waals surface area contributed by atoms with Crippen molar-refractivity contribution in [1.29, 1.82) is 5.26 Å². The van der Waals surface area contributed by atoms with Crippen LogP contribution in [0.2, 0.25) is 0 Å². The molecule has 0 aliphatic carbocycles. The number of anilines is 1. The van der Waals surface area contributed by atoms with E-state index < -0.39 is 5.82 Å². The van der Waals surface area contributed by atoms with Gasteiger partial charge < -0.3 is 14.5 Å². The van der Waals surface area contributed by atoms with Crippen molar-refractivity contribution in [3.05, 3.63) is 93.3 Å². The lowest BCUT2D eigenvalue weighted by Crippen LogP contribution is -2.49. The Morgan fingerprint density at radius 2 is 1.90 bits per heavy atom. The first-order chi connectivity index (χ1) is 20.0. The zero-order valence-corrected chi connectivity index (χ0v) is 22.5. The molecule has 2 aromatic carbocycles. The van der Waals surface area contributed by atoms with Crippen molar-refractivity contribution in [2.45, 2.75) is 19.8 Å². The van der Waals surface area contributed by atoms with E-state index in [9.17, 15) is 14.0 Å². The largest absolute Gasteiger partial charge is 0.481 e. The summed E-state index contributed by atoms with van der Waals surface area (Å²) in [6, 6.07) is 15.1. The van der Waals surface area contributed by atoms with Crippen LogP contribution >= 0.6 is 0 Å². The third kappa shape index (κ3) is 6.18. The Kier molecular flexibility index (Phi) is 8.21. The number of aromatic nitrogens is 3. The Morgan fingerprint density at radius 1 is 1.07 bits per heavy atom. The highest BCUT2D eigenvalue weighted by atomic mass is 19.1. The molecule has 1 N–H and O–H groups in total. The number of aromatic amines is 1. The highest BCUT2D eigenvalue weighted by Gasteiger charge is 2.25. The fourth-order valence-electron chi connectivity index (χ4n) is 4.71. The molecule has 1 aliphatic heterocycles. The van der Waals surface area contributed by atoms with E-state index in [1.807, 2.05) is 17.9 Å². The van der Waals surface area contributed by atoms with Crippen LogP contribution in [0.3, 0.4) is 0 Å². The molecule has 41 heavy (non-hydrogen) atoms. The van der Waals surface area contributed by atoms with E-state index in [0.29, 0.717) is 59.5 Å². The third-order valence-corrected chi connectivity index (χ3v) is 6.85. The molecule has 1 fully saturated rings. The van der Waals surface area contributed by atoms with Crippen molar-refractivity contribution < 1.29 is 13.9 Å². The van der Waals surface area contributed by atoms with Crippen LogP contribution in [0.5, 0.6) is 5.75 Å². The van der Waals surface area contributed by atoms with Gasteiger partial charge in [0, 0.05) is 50.6 Å². The number of fused-ring (bicyclic) bond motifs is 1. The Balaban J connectivity index is 1.32. The van der Waals surface area contributed by atoms with Crippen molar-refractivity contribution in [3.63, 3.8) is 0 Å². The zero-order chi connectivity index (χ0) is 28.8. The smallest absolute Gasteiger partial charge is 0.272 e. The SMILES string of the molecule is CCC#CCOc1ccc2c(=O)[nH]nc(Cc3ccc(F)c(C(=O)N4CCN(c5ccc(C#N)cn5)CC4)c3)c2c1. The number of nitrogens with zero attached hydrogens (tertiary/aromatic N) is 5. The van der Waals surface area contributed by atoms with E-state index in [2.05, 4.69) is 27.0 Å². The Labute approximate surface area is 236 Å². The molecule has 206 valence electrons. The van der Waals surface area contributed by atoms with Crippen molar-refractivity contribution >= 4 is 22.5 Å². The molecule has 5 rings (SSSR count). The molecule has 1 amide bonds. The van der Waals surface area contributed by atoms with Crippen molar-refractivity contribution in [2.24, 2.45) is 0 Å². The number of ether oxygens (including phenoxy) is 1. The topological polar surface area (TPSA) is 115 Å². The maximum absolute atomic E-state index is 14.9. The molecule has 10 heteroatoms. The highest BCUT2D eigenvalue weighted by molar-refractivity contribution is 5.95. The summed E-state index contributed by atoms with van der Waals surface area (Å²) < 4.78 is 20.6. The molecule has 9 nitrogen and oxygen atoms in total. The number of carbonyl (C=O) groups is 1. The van der Waals surface area contributed by atoms with E-state index in [1.165, 1.54) is 12.3 Å². The third-order valence-electron chi connectivity index (χ3n) is 6.85. The highest BCUT2D eigenvalue weighted by Crippen LogP contribution is 2.24. The Bertz CT molecular complexity index is 1740. The normalized spacial score (nSPS) is 12.9. The lowest BCUT2D eigenvalue weighted by Gasteiger charge is -2.35. The number of piperazine rings is 1. The van der Waals surface area contributed by atoms with Crippen LogP contribution in [-0.2, 0) is 6.42 Å². The van der Waals surface area contributed by atoms with Gasteiger partial charge in [0.2, 0.25) is 0 Å². The van der Waals surface area contributed by atoms with Crippen molar-refractivity contribution in [1.82, 2.24) is 20.1 Å². The molecule has 0 radical (unpaired) electrons. The predicted molar refractivity (Wildman–Crippen MR) is 152 cm³/mol. The van der Waals surface area contributed by atoms with Crippen molar-refractivity contribution in [2.75, 3.05) is 37.7 Å². The summed E-state index contributed by atoms with van der Waals surface area (Å²) in [7, 11) is 0. The van der Waals surface area contributed by atoms with Crippen LogP contribution < -0.4 is 15.2 Å². The lowest BCUT2D eigenvalue weighted by atomic mass is 10.0. The van der Waals surface area contributed by atoms with Crippen LogP contribution in [0.25, 0.3) is 10.8 Å². The number of nitrogens with one attached hydrogen (secondary N) is 1. The first-order valence-electron chi connectivity index (χ1n) is 13.3. The molecule has 0 unspecified atom stereocenters. The number of amides is 1. The van der Waals surface area contributed by atoms with E-state index in [-0.39, 0.29) is 30.1 Å². The van der Waals surface area contributed by atoms with Gasteiger partial charge in [-0.2, -0.15) is 10.4 Å². The minimum Gasteiger partial charge on any atom is -0.481 e. The van der Waals surface area contributed by atoms with Gasteiger partial charge in [-0.3, -0.25) is 9.59 Å². The van der Waals surface area contributed by atoms with E-state index in [0.717, 1.165) is 12.2 Å². The number of carbonyl (C=O) groups excluding carboxylic acids is 1. The first kappa shape index (κ1) is 27.4. The second kappa shape index (κ2) is 12.3. The van der Waals surface area contributed by atoms with Gasteiger partial charge in [0.25, 0.3) is 11.5 Å². The molecule has 1 aliphatic rings. The fraction of sp³-hybridized carbons (Fsp3) is 0.258. The summed E-state index contributed by atoms with van der Waals surface area (Å²) in [5.74, 6) is 6.16.